The van der Waals surface area contributed by atoms with Gasteiger partial charge in [0.1, 0.15) is 22.8 Å². The zero-order valence-corrected chi connectivity index (χ0v) is 20.6. The number of aliphatic hydroxyl groups is 4. The molecular weight excluding hydrogens is 502 g/mol. The maximum absolute atomic E-state index is 13.6. The Morgan fingerprint density at radius 2 is 1.79 bits per heavy atom. The van der Waals surface area contributed by atoms with Gasteiger partial charge in [-0.05, 0) is 13.0 Å². The average molecular weight is 532 g/mol. The molecule has 2 aliphatic carbocycles. The Hall–Kier alpha value is -3.10. The molecule has 0 spiro atoms. The second kappa shape index (κ2) is 9.27. The summed E-state index contributed by atoms with van der Waals surface area (Å²) in [5.74, 6) is -2.78. The summed E-state index contributed by atoms with van der Waals surface area (Å²) in [7, 11) is 1.32. The standard InChI is InChI=1S/C26H29NO11/c1-9-20(28)12(27)6-15(37-9)38-14-8-26(35,25(33)34)7-11-17(14)24(32)19-18(22(11)30)21(29)10-4-3-5-13(36-2)16(10)23(19)31/h3-5,9,12,14-15,20,25,28,30,32-35H,6-8,27H2,1-2H3. The van der Waals surface area contributed by atoms with Crippen molar-refractivity contribution in [2.45, 2.75) is 68.7 Å². The summed E-state index contributed by atoms with van der Waals surface area (Å²) in [5.41, 5.74) is 2.38. The van der Waals surface area contributed by atoms with Crippen LogP contribution < -0.4 is 10.5 Å². The second-order valence-electron chi connectivity index (χ2n) is 10.0. The molecule has 1 heterocycles. The third-order valence-electron chi connectivity index (χ3n) is 7.65. The monoisotopic (exact) mass is 531 g/mol. The minimum Gasteiger partial charge on any atom is -0.507 e. The van der Waals surface area contributed by atoms with Gasteiger partial charge in [-0.15, -0.1) is 0 Å². The lowest BCUT2D eigenvalue weighted by Crippen LogP contribution is -2.53. The Kier molecular flexibility index (Phi) is 6.47. The maximum atomic E-state index is 13.6. The van der Waals surface area contributed by atoms with Crippen LogP contribution >= 0.6 is 0 Å². The molecule has 0 bridgehead atoms. The first-order valence-electron chi connectivity index (χ1n) is 12.1. The Bertz CT molecular complexity index is 1310. The van der Waals surface area contributed by atoms with Gasteiger partial charge in [0, 0.05) is 42.0 Å². The van der Waals surface area contributed by atoms with E-state index < -0.39 is 89.6 Å². The van der Waals surface area contributed by atoms with Crippen LogP contribution in [0.5, 0.6) is 17.2 Å². The number of methoxy groups -OCH3 is 1. The molecule has 2 aromatic carbocycles. The zero-order chi connectivity index (χ0) is 27.7. The number of hydrogen-bond acceptors (Lipinski definition) is 12. The van der Waals surface area contributed by atoms with Gasteiger partial charge in [0.15, 0.2) is 18.4 Å². The highest BCUT2D eigenvalue weighted by atomic mass is 16.7. The summed E-state index contributed by atoms with van der Waals surface area (Å²) in [6.45, 7) is 1.58. The molecule has 6 atom stereocenters. The molecule has 0 aromatic heterocycles. The first-order valence-corrected chi connectivity index (χ1v) is 12.1. The molecule has 0 saturated carbocycles. The van der Waals surface area contributed by atoms with Crippen molar-refractivity contribution < 1.29 is 54.4 Å². The fourth-order valence-electron chi connectivity index (χ4n) is 5.62. The summed E-state index contributed by atoms with van der Waals surface area (Å²) >= 11 is 0. The predicted molar refractivity (Wildman–Crippen MR) is 128 cm³/mol. The van der Waals surface area contributed by atoms with Crippen LogP contribution in [-0.4, -0.2) is 85.7 Å². The van der Waals surface area contributed by atoms with Gasteiger partial charge in [-0.3, -0.25) is 9.59 Å². The van der Waals surface area contributed by atoms with Crippen LogP contribution in [0.3, 0.4) is 0 Å². The van der Waals surface area contributed by atoms with Crippen LogP contribution in [0, 0.1) is 0 Å². The molecule has 2 aromatic rings. The van der Waals surface area contributed by atoms with E-state index in [4.69, 9.17) is 19.9 Å². The molecule has 1 saturated heterocycles. The minimum atomic E-state index is -2.28. The molecule has 0 radical (unpaired) electrons. The highest BCUT2D eigenvalue weighted by molar-refractivity contribution is 6.31. The van der Waals surface area contributed by atoms with E-state index in [9.17, 15) is 40.2 Å². The van der Waals surface area contributed by atoms with Crippen molar-refractivity contribution >= 4 is 11.6 Å². The second-order valence-corrected chi connectivity index (χ2v) is 10.0. The van der Waals surface area contributed by atoms with Gasteiger partial charge in [-0.25, -0.2) is 0 Å². The fourth-order valence-corrected chi connectivity index (χ4v) is 5.62. The summed E-state index contributed by atoms with van der Waals surface area (Å²) in [5, 5.41) is 63.8. The van der Waals surface area contributed by atoms with Crippen LogP contribution in [0.2, 0.25) is 0 Å². The first kappa shape index (κ1) is 26.5. The SMILES string of the molecule is COc1cccc2c1C(=O)c1c(O)c3c(c(O)c1C2=O)CC(O)(C(O)O)CC3OC1CC(N)C(O)C(C)O1. The molecule has 0 amide bonds. The van der Waals surface area contributed by atoms with Crippen molar-refractivity contribution in [3.05, 3.63) is 51.6 Å². The van der Waals surface area contributed by atoms with Crippen LogP contribution in [0.25, 0.3) is 0 Å². The predicted octanol–water partition coefficient (Wildman–Crippen LogP) is -0.249. The summed E-state index contributed by atoms with van der Waals surface area (Å²) in [6.07, 6.45) is -7.36. The highest BCUT2D eigenvalue weighted by Crippen LogP contribution is 2.52. The number of aromatic hydroxyl groups is 2. The fraction of sp³-hybridized carbons (Fsp3) is 0.462. The third-order valence-corrected chi connectivity index (χ3v) is 7.65. The Morgan fingerprint density at radius 1 is 1.11 bits per heavy atom. The van der Waals surface area contributed by atoms with Crippen LogP contribution in [0.15, 0.2) is 18.2 Å². The molecule has 12 nitrogen and oxygen atoms in total. The summed E-state index contributed by atoms with van der Waals surface area (Å²) in [6, 6.07) is 3.65. The lowest BCUT2D eigenvalue weighted by Gasteiger charge is -2.43. The molecule has 38 heavy (non-hydrogen) atoms. The minimum absolute atomic E-state index is 0.0249. The van der Waals surface area contributed by atoms with Gasteiger partial charge in [0.05, 0.1) is 42.1 Å². The number of benzene rings is 2. The summed E-state index contributed by atoms with van der Waals surface area (Å²) in [4.78, 5) is 27.1. The molecule has 5 rings (SSSR count). The van der Waals surface area contributed by atoms with E-state index in [2.05, 4.69) is 0 Å². The van der Waals surface area contributed by atoms with Crippen LogP contribution in [-0.2, 0) is 15.9 Å². The largest absolute Gasteiger partial charge is 0.507 e. The van der Waals surface area contributed by atoms with Crippen molar-refractivity contribution in [3.63, 3.8) is 0 Å². The Morgan fingerprint density at radius 3 is 2.42 bits per heavy atom. The molecule has 3 aliphatic rings. The van der Waals surface area contributed by atoms with E-state index in [1.54, 1.807) is 6.92 Å². The number of rotatable bonds is 4. The molecule has 1 fully saturated rings. The maximum Gasteiger partial charge on any atom is 0.202 e. The number of carbonyl (C=O) groups is 2. The number of nitrogens with two attached hydrogens (primary N) is 1. The lowest BCUT2D eigenvalue weighted by atomic mass is 9.72. The lowest BCUT2D eigenvalue weighted by molar-refractivity contribution is -0.260. The van der Waals surface area contributed by atoms with E-state index in [1.165, 1.54) is 25.3 Å². The molecule has 8 N–H and O–H groups in total. The highest BCUT2D eigenvalue weighted by Gasteiger charge is 2.50. The number of phenols is 2. The van der Waals surface area contributed by atoms with E-state index in [0.29, 0.717) is 0 Å². The van der Waals surface area contributed by atoms with Crippen molar-refractivity contribution in [1.82, 2.24) is 0 Å². The normalized spacial score (nSPS) is 30.6. The van der Waals surface area contributed by atoms with Gasteiger partial charge >= 0.3 is 0 Å². The zero-order valence-electron chi connectivity index (χ0n) is 20.6. The number of aliphatic hydroxyl groups excluding tert-OH is 2. The van der Waals surface area contributed by atoms with Crippen molar-refractivity contribution in [1.29, 1.82) is 0 Å². The third kappa shape index (κ3) is 3.88. The van der Waals surface area contributed by atoms with E-state index in [1.807, 2.05) is 0 Å². The average Bonchev–Trinajstić information content (AvgIpc) is 2.87. The van der Waals surface area contributed by atoms with Gasteiger partial charge in [-0.2, -0.15) is 0 Å². The number of phenolic OH excluding ortho intramolecular Hbond substituents is 2. The molecule has 1 aliphatic heterocycles. The van der Waals surface area contributed by atoms with E-state index in [-0.39, 0.29) is 34.4 Å². The molecule has 6 unspecified atom stereocenters. The number of hydrogen-bond donors (Lipinski definition) is 7. The van der Waals surface area contributed by atoms with Gasteiger partial charge in [-0.1, -0.05) is 12.1 Å². The van der Waals surface area contributed by atoms with Crippen LogP contribution in [0.1, 0.15) is 68.8 Å². The number of fused-ring (bicyclic) bond motifs is 3. The first-order chi connectivity index (χ1) is 17.9. The number of carbonyl (C=O) groups excluding carboxylic acids is 2. The van der Waals surface area contributed by atoms with E-state index >= 15 is 0 Å². The van der Waals surface area contributed by atoms with Gasteiger partial charge in [0.2, 0.25) is 5.78 Å². The van der Waals surface area contributed by atoms with Crippen LogP contribution in [0.4, 0.5) is 0 Å². The smallest absolute Gasteiger partial charge is 0.202 e. The Labute approximate surface area is 216 Å². The van der Waals surface area contributed by atoms with Crippen molar-refractivity contribution in [2.24, 2.45) is 5.73 Å². The van der Waals surface area contributed by atoms with E-state index in [0.717, 1.165) is 0 Å². The Balaban J connectivity index is 1.68. The van der Waals surface area contributed by atoms with Gasteiger partial charge < -0.3 is 50.6 Å². The molecule has 12 heteroatoms. The topological polar surface area (TPSA) is 209 Å². The molecule has 204 valence electrons. The summed E-state index contributed by atoms with van der Waals surface area (Å²) < 4.78 is 16.9. The van der Waals surface area contributed by atoms with Crippen molar-refractivity contribution in [2.75, 3.05) is 7.11 Å². The molecular formula is C26H29NO11. The van der Waals surface area contributed by atoms with Crippen molar-refractivity contribution in [3.8, 4) is 17.2 Å². The number of ether oxygens (including phenoxy) is 3. The van der Waals surface area contributed by atoms with Gasteiger partial charge in [0.25, 0.3) is 0 Å². The number of ketones is 2. The quantitative estimate of drug-likeness (QED) is 0.172.